The molecule has 4 aromatic rings. The van der Waals surface area contributed by atoms with Crippen LogP contribution in [0.4, 0.5) is 0 Å². The highest BCUT2D eigenvalue weighted by Gasteiger charge is 2.14. The van der Waals surface area contributed by atoms with E-state index in [1.165, 1.54) is 6.21 Å². The Hall–Kier alpha value is -4.16. The summed E-state index contributed by atoms with van der Waals surface area (Å²) in [6.07, 6.45) is 1.45. The molecule has 0 aromatic heterocycles. The Morgan fingerprint density at radius 2 is 1.74 bits per heavy atom. The third-order valence-corrected chi connectivity index (χ3v) is 5.28. The van der Waals surface area contributed by atoms with Gasteiger partial charge in [-0.1, -0.05) is 71.8 Å². The van der Waals surface area contributed by atoms with Crippen LogP contribution in [0.2, 0.25) is 5.02 Å². The molecule has 34 heavy (non-hydrogen) atoms. The third kappa shape index (κ3) is 5.60. The molecule has 6 nitrogen and oxygen atoms in total. The van der Waals surface area contributed by atoms with Crippen LogP contribution in [0.25, 0.3) is 10.8 Å². The molecule has 1 N–H and O–H groups in total. The molecule has 0 aliphatic rings. The maximum atomic E-state index is 12.7. The van der Waals surface area contributed by atoms with Crippen molar-refractivity contribution < 1.29 is 19.1 Å². The summed E-state index contributed by atoms with van der Waals surface area (Å²) in [6, 6.07) is 25.2. The van der Waals surface area contributed by atoms with Gasteiger partial charge >= 0.3 is 5.97 Å². The summed E-state index contributed by atoms with van der Waals surface area (Å²) in [5, 5.41) is 6.22. The van der Waals surface area contributed by atoms with Gasteiger partial charge in [-0.05, 0) is 48.0 Å². The number of aryl methyl sites for hydroxylation is 1. The average Bonchev–Trinajstić information content (AvgIpc) is 2.84. The van der Waals surface area contributed by atoms with E-state index in [1.54, 1.807) is 48.5 Å². The van der Waals surface area contributed by atoms with Crippen LogP contribution < -0.4 is 14.9 Å². The molecule has 0 spiro atoms. The largest absolute Gasteiger partial charge is 0.482 e. The quantitative estimate of drug-likeness (QED) is 0.165. The van der Waals surface area contributed by atoms with Gasteiger partial charge in [-0.2, -0.15) is 5.10 Å². The van der Waals surface area contributed by atoms with E-state index < -0.39 is 11.9 Å². The number of esters is 1. The van der Waals surface area contributed by atoms with Crippen LogP contribution in [0.3, 0.4) is 0 Å². The van der Waals surface area contributed by atoms with Crippen molar-refractivity contribution in [3.8, 4) is 11.5 Å². The third-order valence-electron chi connectivity index (χ3n) is 4.97. The van der Waals surface area contributed by atoms with E-state index in [9.17, 15) is 9.59 Å². The van der Waals surface area contributed by atoms with Crippen molar-refractivity contribution in [2.75, 3.05) is 6.61 Å². The van der Waals surface area contributed by atoms with Gasteiger partial charge in [0.25, 0.3) is 5.91 Å². The molecule has 0 aliphatic carbocycles. The highest BCUT2D eigenvalue weighted by atomic mass is 35.5. The fourth-order valence-electron chi connectivity index (χ4n) is 3.33. The van der Waals surface area contributed by atoms with E-state index in [1.807, 2.05) is 43.3 Å². The second-order valence-corrected chi connectivity index (χ2v) is 7.88. The van der Waals surface area contributed by atoms with Crippen LogP contribution in [0.5, 0.6) is 11.5 Å². The molecule has 0 unspecified atom stereocenters. The first kappa shape index (κ1) is 23.0. The molecule has 0 fully saturated rings. The Kier molecular flexibility index (Phi) is 7.20. The molecule has 0 aliphatic heterocycles. The van der Waals surface area contributed by atoms with Gasteiger partial charge in [-0.15, -0.1) is 0 Å². The van der Waals surface area contributed by atoms with E-state index in [-0.39, 0.29) is 6.61 Å². The predicted octanol–water partition coefficient (Wildman–Crippen LogP) is 5.55. The van der Waals surface area contributed by atoms with Crippen LogP contribution in [-0.2, 0) is 4.79 Å². The number of benzene rings is 4. The summed E-state index contributed by atoms with van der Waals surface area (Å²) in [4.78, 5) is 24.9. The minimum absolute atomic E-state index is 0.258. The lowest BCUT2D eigenvalue weighted by molar-refractivity contribution is -0.123. The molecule has 1 amide bonds. The Labute approximate surface area is 201 Å². The summed E-state index contributed by atoms with van der Waals surface area (Å²) in [7, 11) is 0. The van der Waals surface area contributed by atoms with E-state index in [4.69, 9.17) is 21.1 Å². The van der Waals surface area contributed by atoms with Crippen molar-refractivity contribution in [3.63, 3.8) is 0 Å². The van der Waals surface area contributed by atoms with Crippen LogP contribution in [-0.4, -0.2) is 24.7 Å². The molecule has 0 heterocycles. The minimum atomic E-state index is -0.481. The second-order valence-electron chi connectivity index (χ2n) is 7.47. The van der Waals surface area contributed by atoms with Gasteiger partial charge in [0.2, 0.25) is 0 Å². The number of carbonyl (C=O) groups is 2. The van der Waals surface area contributed by atoms with Crippen LogP contribution in [0, 0.1) is 6.92 Å². The van der Waals surface area contributed by atoms with E-state index in [2.05, 4.69) is 10.5 Å². The van der Waals surface area contributed by atoms with Crippen LogP contribution >= 0.6 is 11.6 Å². The van der Waals surface area contributed by atoms with Gasteiger partial charge in [0.15, 0.2) is 6.61 Å². The van der Waals surface area contributed by atoms with Crippen LogP contribution in [0.15, 0.2) is 90.0 Å². The number of hydrogen-bond acceptors (Lipinski definition) is 5. The molecular weight excluding hydrogens is 452 g/mol. The van der Waals surface area contributed by atoms with Gasteiger partial charge in [0.1, 0.15) is 11.5 Å². The fraction of sp³-hybridized carbons (Fsp3) is 0.0741. The van der Waals surface area contributed by atoms with Gasteiger partial charge < -0.3 is 9.47 Å². The van der Waals surface area contributed by atoms with Gasteiger partial charge in [-0.25, -0.2) is 10.2 Å². The maximum absolute atomic E-state index is 12.7. The summed E-state index contributed by atoms with van der Waals surface area (Å²) < 4.78 is 11.1. The van der Waals surface area contributed by atoms with Crippen LogP contribution in [0.1, 0.15) is 21.5 Å². The molecule has 4 rings (SSSR count). The number of nitrogens with one attached hydrogen (secondary N) is 1. The van der Waals surface area contributed by atoms with Crippen molar-refractivity contribution >= 4 is 40.5 Å². The number of nitrogens with zero attached hydrogens (tertiary/aromatic N) is 1. The molecule has 0 radical (unpaired) electrons. The van der Waals surface area contributed by atoms with E-state index in [0.717, 1.165) is 16.3 Å². The number of fused-ring (bicyclic) bond motifs is 1. The molecule has 0 saturated heterocycles. The summed E-state index contributed by atoms with van der Waals surface area (Å²) >= 11 is 6.03. The maximum Gasteiger partial charge on any atom is 0.343 e. The number of hydrogen-bond donors (Lipinski definition) is 1. The normalized spacial score (nSPS) is 10.9. The molecule has 170 valence electrons. The Morgan fingerprint density at radius 1 is 0.941 bits per heavy atom. The zero-order valence-electron chi connectivity index (χ0n) is 18.3. The first-order chi connectivity index (χ1) is 16.5. The van der Waals surface area contributed by atoms with E-state index >= 15 is 0 Å². The molecule has 0 atom stereocenters. The first-order valence-electron chi connectivity index (χ1n) is 10.5. The molecule has 0 saturated carbocycles. The number of rotatable bonds is 7. The first-order valence-corrected chi connectivity index (χ1v) is 10.9. The molecule has 4 aromatic carbocycles. The predicted molar refractivity (Wildman–Crippen MR) is 133 cm³/mol. The SMILES string of the molecule is Cc1cccc(C(=O)Oc2ccc3ccccc3c2/C=N\NC(=O)COc2ccccc2Cl)c1. The summed E-state index contributed by atoms with van der Waals surface area (Å²) in [6.45, 7) is 1.65. The van der Waals surface area contributed by atoms with Gasteiger partial charge in [-0.3, -0.25) is 4.79 Å². The Bertz CT molecular complexity index is 1380. The standard InChI is InChI=1S/C27H21ClN2O4/c1-18-7-6-9-20(15-18)27(32)34-24-14-13-19-8-2-3-10-21(19)22(24)16-29-30-26(31)17-33-25-12-5-4-11-23(25)28/h2-16H,17H2,1H3,(H,30,31)/b29-16-. The minimum Gasteiger partial charge on any atom is -0.482 e. The molecular formula is C27H21ClN2O4. The second kappa shape index (κ2) is 10.6. The average molecular weight is 473 g/mol. The fourth-order valence-corrected chi connectivity index (χ4v) is 3.53. The van der Waals surface area contributed by atoms with Crippen molar-refractivity contribution in [2.24, 2.45) is 5.10 Å². The number of hydrazone groups is 1. The number of ether oxygens (including phenoxy) is 2. The number of para-hydroxylation sites is 1. The lowest BCUT2D eigenvalue weighted by Gasteiger charge is -2.11. The smallest absolute Gasteiger partial charge is 0.343 e. The lowest BCUT2D eigenvalue weighted by atomic mass is 10.0. The number of amides is 1. The Balaban J connectivity index is 1.52. The zero-order chi connectivity index (χ0) is 23.9. The molecule has 0 bridgehead atoms. The topological polar surface area (TPSA) is 77.0 Å². The Morgan fingerprint density at radius 3 is 2.56 bits per heavy atom. The van der Waals surface area contributed by atoms with Crippen molar-refractivity contribution in [2.45, 2.75) is 6.92 Å². The van der Waals surface area contributed by atoms with E-state index in [0.29, 0.717) is 27.6 Å². The highest BCUT2D eigenvalue weighted by Crippen LogP contribution is 2.27. The monoisotopic (exact) mass is 472 g/mol. The highest BCUT2D eigenvalue weighted by molar-refractivity contribution is 6.32. The summed E-state index contributed by atoms with van der Waals surface area (Å²) in [5.41, 5.74) is 4.39. The number of halogens is 1. The lowest BCUT2D eigenvalue weighted by Crippen LogP contribution is -2.24. The van der Waals surface area contributed by atoms with Crippen molar-refractivity contribution in [1.82, 2.24) is 5.43 Å². The number of carbonyl (C=O) groups excluding carboxylic acids is 2. The van der Waals surface area contributed by atoms with Gasteiger partial charge in [0, 0.05) is 5.56 Å². The van der Waals surface area contributed by atoms with Crippen molar-refractivity contribution in [3.05, 3.63) is 107 Å². The zero-order valence-corrected chi connectivity index (χ0v) is 19.1. The molecule has 7 heteroatoms. The van der Waals surface area contributed by atoms with Crippen molar-refractivity contribution in [1.29, 1.82) is 0 Å². The van der Waals surface area contributed by atoms with Gasteiger partial charge in [0.05, 0.1) is 16.8 Å². The summed E-state index contributed by atoms with van der Waals surface area (Å²) in [5.74, 6) is -0.210.